The Morgan fingerprint density at radius 2 is 1.76 bits per heavy atom. The second kappa shape index (κ2) is 11.3. The predicted molar refractivity (Wildman–Crippen MR) is 134 cm³/mol. The third-order valence-electron chi connectivity index (χ3n) is 6.48. The molecular weight excluding hydrogens is 429 g/mol. The van der Waals surface area contributed by atoms with Crippen LogP contribution in [-0.4, -0.2) is 46.3 Å². The Morgan fingerprint density at radius 1 is 1.03 bits per heavy atom. The van der Waals surface area contributed by atoms with Crippen LogP contribution < -0.4 is 4.74 Å². The first-order chi connectivity index (χ1) is 16.6. The zero-order chi connectivity index (χ0) is 23.9. The molecule has 0 spiro atoms. The standard InChI is InChI=1S/C22H27N3O2.C6H5F/c1-3-24-11-9-19(10-12-24)25-13-8-16-4-5-17(14-20(16)25)22(26)18-6-7-21(27-2)23-15-18;7-6-4-2-1-3-5-6/h4-8,13-15,19,22,26H,3,9-12H2,1-2H3;1-5H. The molecule has 0 saturated carbocycles. The van der Waals surface area contributed by atoms with Gasteiger partial charge >= 0.3 is 0 Å². The lowest BCUT2D eigenvalue weighted by Gasteiger charge is -2.32. The van der Waals surface area contributed by atoms with E-state index in [2.05, 4.69) is 45.8 Å². The molecule has 0 radical (unpaired) electrons. The van der Waals surface area contributed by atoms with Gasteiger partial charge < -0.3 is 19.3 Å². The van der Waals surface area contributed by atoms with Crippen LogP contribution in [0.2, 0.25) is 0 Å². The number of hydrogen-bond donors (Lipinski definition) is 1. The highest BCUT2D eigenvalue weighted by molar-refractivity contribution is 5.81. The molecule has 3 heterocycles. The molecule has 6 heteroatoms. The largest absolute Gasteiger partial charge is 0.481 e. The van der Waals surface area contributed by atoms with Gasteiger partial charge in [0.2, 0.25) is 5.88 Å². The molecule has 178 valence electrons. The SMILES string of the molecule is CCN1CCC(n2ccc3ccc(C(O)c4ccc(OC)nc4)cc32)CC1.Fc1ccccc1. The van der Waals surface area contributed by atoms with Crippen molar-refractivity contribution >= 4 is 10.9 Å². The summed E-state index contributed by atoms with van der Waals surface area (Å²) >= 11 is 0. The van der Waals surface area contributed by atoms with Gasteiger partial charge in [-0.3, -0.25) is 0 Å². The molecule has 5 rings (SSSR count). The van der Waals surface area contributed by atoms with Gasteiger partial charge in [0.15, 0.2) is 0 Å². The number of pyridine rings is 1. The fourth-order valence-electron chi connectivity index (χ4n) is 4.45. The van der Waals surface area contributed by atoms with Crippen molar-refractivity contribution in [3.05, 3.63) is 96.1 Å². The summed E-state index contributed by atoms with van der Waals surface area (Å²) in [6.45, 7) is 5.67. The van der Waals surface area contributed by atoms with Crippen LogP contribution in [0.15, 0.2) is 79.1 Å². The number of rotatable bonds is 5. The van der Waals surface area contributed by atoms with Gasteiger partial charge in [-0.2, -0.15) is 0 Å². The number of aliphatic hydroxyl groups excluding tert-OH is 1. The molecule has 2 aromatic carbocycles. The van der Waals surface area contributed by atoms with Gasteiger partial charge in [-0.15, -0.1) is 0 Å². The summed E-state index contributed by atoms with van der Waals surface area (Å²) < 4.78 is 19.4. The Balaban J connectivity index is 0.000000336. The van der Waals surface area contributed by atoms with Crippen LogP contribution in [0.25, 0.3) is 10.9 Å². The zero-order valence-electron chi connectivity index (χ0n) is 19.8. The number of ether oxygens (including phenoxy) is 1. The first-order valence-electron chi connectivity index (χ1n) is 11.8. The lowest BCUT2D eigenvalue weighted by atomic mass is 10.0. The smallest absolute Gasteiger partial charge is 0.212 e. The number of nitrogens with zero attached hydrogens (tertiary/aromatic N) is 3. The number of hydrogen-bond acceptors (Lipinski definition) is 4. The third kappa shape index (κ3) is 5.64. The van der Waals surface area contributed by atoms with Crippen LogP contribution in [-0.2, 0) is 0 Å². The van der Waals surface area contributed by atoms with Crippen molar-refractivity contribution in [1.29, 1.82) is 0 Å². The van der Waals surface area contributed by atoms with Crippen molar-refractivity contribution in [2.45, 2.75) is 31.9 Å². The van der Waals surface area contributed by atoms with E-state index in [4.69, 9.17) is 4.74 Å². The molecule has 0 amide bonds. The minimum Gasteiger partial charge on any atom is -0.481 e. The fourth-order valence-corrected chi connectivity index (χ4v) is 4.45. The first kappa shape index (κ1) is 23.9. The summed E-state index contributed by atoms with van der Waals surface area (Å²) in [6, 6.07) is 20.5. The summed E-state index contributed by atoms with van der Waals surface area (Å²) in [5.41, 5.74) is 2.85. The molecule has 1 fully saturated rings. The molecule has 34 heavy (non-hydrogen) atoms. The Kier molecular flexibility index (Phi) is 7.93. The minimum atomic E-state index is -0.696. The van der Waals surface area contributed by atoms with E-state index in [1.54, 1.807) is 37.6 Å². The van der Waals surface area contributed by atoms with Crippen molar-refractivity contribution in [1.82, 2.24) is 14.5 Å². The molecular formula is C28H32FN3O2. The number of piperidine rings is 1. The molecule has 0 aliphatic carbocycles. The molecule has 1 atom stereocenters. The van der Waals surface area contributed by atoms with Crippen LogP contribution in [0.3, 0.4) is 0 Å². The number of halogens is 1. The Bertz CT molecular complexity index is 1170. The van der Waals surface area contributed by atoms with Gasteiger partial charge in [0.25, 0.3) is 0 Å². The Labute approximate surface area is 200 Å². The number of aliphatic hydroxyl groups is 1. The molecule has 1 aliphatic rings. The van der Waals surface area contributed by atoms with E-state index in [1.807, 2.05) is 12.1 Å². The average Bonchev–Trinajstić information content (AvgIpc) is 3.32. The summed E-state index contributed by atoms with van der Waals surface area (Å²) in [7, 11) is 1.59. The Morgan fingerprint density at radius 3 is 2.35 bits per heavy atom. The molecule has 2 aromatic heterocycles. The van der Waals surface area contributed by atoms with Crippen molar-refractivity contribution < 1.29 is 14.2 Å². The average molecular weight is 462 g/mol. The van der Waals surface area contributed by atoms with Gasteiger partial charge in [-0.1, -0.05) is 37.3 Å². The molecule has 4 aromatic rings. The number of likely N-dealkylation sites (tertiary alicyclic amines) is 1. The lowest BCUT2D eigenvalue weighted by molar-refractivity contribution is 0.197. The van der Waals surface area contributed by atoms with Crippen molar-refractivity contribution in [3.8, 4) is 5.88 Å². The molecule has 1 aliphatic heterocycles. The second-order valence-electron chi connectivity index (χ2n) is 8.54. The monoisotopic (exact) mass is 461 g/mol. The first-order valence-corrected chi connectivity index (χ1v) is 11.8. The van der Waals surface area contributed by atoms with E-state index in [9.17, 15) is 9.50 Å². The molecule has 0 bridgehead atoms. The minimum absolute atomic E-state index is 0.178. The quantitative estimate of drug-likeness (QED) is 0.420. The maximum atomic E-state index is 11.9. The highest BCUT2D eigenvalue weighted by Crippen LogP contribution is 2.31. The third-order valence-corrected chi connectivity index (χ3v) is 6.48. The number of benzene rings is 2. The maximum Gasteiger partial charge on any atom is 0.212 e. The molecule has 1 saturated heterocycles. The summed E-state index contributed by atoms with van der Waals surface area (Å²) in [6.07, 6.45) is 5.52. The second-order valence-corrected chi connectivity index (χ2v) is 8.54. The molecule has 5 nitrogen and oxygen atoms in total. The van der Waals surface area contributed by atoms with Gasteiger partial charge in [0.1, 0.15) is 11.9 Å². The lowest BCUT2D eigenvalue weighted by Crippen LogP contribution is -2.34. The van der Waals surface area contributed by atoms with Crippen LogP contribution in [0, 0.1) is 5.82 Å². The fraction of sp³-hybridized carbons (Fsp3) is 0.321. The van der Waals surface area contributed by atoms with Crippen LogP contribution in [0.4, 0.5) is 4.39 Å². The zero-order valence-corrected chi connectivity index (χ0v) is 19.8. The van der Waals surface area contributed by atoms with E-state index >= 15 is 0 Å². The normalized spacial score (nSPS) is 15.5. The van der Waals surface area contributed by atoms with Crippen molar-refractivity contribution in [2.75, 3.05) is 26.7 Å². The van der Waals surface area contributed by atoms with E-state index in [-0.39, 0.29) is 5.82 Å². The van der Waals surface area contributed by atoms with Gasteiger partial charge in [-0.25, -0.2) is 9.37 Å². The highest BCUT2D eigenvalue weighted by Gasteiger charge is 2.21. The predicted octanol–water partition coefficient (Wildman–Crippen LogP) is 5.61. The summed E-state index contributed by atoms with van der Waals surface area (Å²) in [5.74, 6) is 0.371. The molecule has 1 unspecified atom stereocenters. The van der Waals surface area contributed by atoms with Crippen LogP contribution in [0.1, 0.15) is 43.0 Å². The topological polar surface area (TPSA) is 50.5 Å². The number of aromatic nitrogens is 2. The van der Waals surface area contributed by atoms with E-state index in [0.717, 1.165) is 30.8 Å². The number of methoxy groups -OCH3 is 1. The molecule has 1 N–H and O–H groups in total. The maximum absolute atomic E-state index is 11.9. The van der Waals surface area contributed by atoms with Crippen molar-refractivity contribution in [3.63, 3.8) is 0 Å². The Hall–Kier alpha value is -3.22. The van der Waals surface area contributed by atoms with E-state index in [0.29, 0.717) is 11.9 Å². The summed E-state index contributed by atoms with van der Waals surface area (Å²) in [4.78, 5) is 6.72. The van der Waals surface area contributed by atoms with Gasteiger partial charge in [0.05, 0.1) is 7.11 Å². The van der Waals surface area contributed by atoms with Gasteiger partial charge in [0, 0.05) is 48.7 Å². The van der Waals surface area contributed by atoms with Gasteiger partial charge in [-0.05, 0) is 60.7 Å². The van der Waals surface area contributed by atoms with Crippen LogP contribution >= 0.6 is 0 Å². The van der Waals surface area contributed by atoms with E-state index < -0.39 is 6.10 Å². The van der Waals surface area contributed by atoms with Crippen molar-refractivity contribution in [2.24, 2.45) is 0 Å². The highest BCUT2D eigenvalue weighted by atomic mass is 19.1. The van der Waals surface area contributed by atoms with Crippen LogP contribution in [0.5, 0.6) is 5.88 Å². The summed E-state index contributed by atoms with van der Waals surface area (Å²) in [5, 5.41) is 12.0. The number of fused-ring (bicyclic) bond motifs is 1. The van der Waals surface area contributed by atoms with E-state index in [1.165, 1.54) is 35.9 Å².